The van der Waals surface area contributed by atoms with Crippen molar-refractivity contribution in [3.8, 4) is 11.4 Å². The second kappa shape index (κ2) is 7.12. The summed E-state index contributed by atoms with van der Waals surface area (Å²) in [4.78, 5) is 17.3. The summed E-state index contributed by atoms with van der Waals surface area (Å²) < 4.78 is 1.98. The molecule has 0 saturated heterocycles. The van der Waals surface area contributed by atoms with Crippen LogP contribution in [0.25, 0.3) is 11.4 Å². The molecule has 0 bridgehead atoms. The monoisotopic (exact) mass is 376 g/mol. The van der Waals surface area contributed by atoms with Crippen LogP contribution in [0.15, 0.2) is 52.6 Å². The predicted molar refractivity (Wildman–Crippen MR) is 109 cm³/mol. The quantitative estimate of drug-likeness (QED) is 0.627. The molecule has 2 heterocycles. The summed E-state index contributed by atoms with van der Waals surface area (Å²) in [6.07, 6.45) is 0.367. The average Bonchev–Trinajstić information content (AvgIpc) is 3.04. The van der Waals surface area contributed by atoms with Crippen molar-refractivity contribution in [2.24, 2.45) is 12.0 Å². The molecule has 0 radical (unpaired) electrons. The van der Waals surface area contributed by atoms with E-state index in [-0.39, 0.29) is 5.78 Å². The molecule has 0 atom stereocenters. The summed E-state index contributed by atoms with van der Waals surface area (Å²) in [5.74, 6) is 1.59. The number of aliphatic imine (C=N–C) groups is 1. The zero-order chi connectivity index (χ0) is 19.0. The molecule has 3 aromatic rings. The smallest absolute Gasteiger partial charge is 0.191 e. The molecule has 0 N–H and O–H groups in total. The van der Waals surface area contributed by atoms with Gasteiger partial charge in [0.15, 0.2) is 16.8 Å². The first-order valence-electron chi connectivity index (χ1n) is 8.82. The summed E-state index contributed by atoms with van der Waals surface area (Å²) in [5, 5.41) is 9.43. The second-order valence-corrected chi connectivity index (χ2v) is 7.64. The molecule has 0 spiro atoms. The van der Waals surface area contributed by atoms with Gasteiger partial charge in [0.1, 0.15) is 0 Å². The molecule has 136 valence electrons. The third-order valence-electron chi connectivity index (χ3n) is 4.87. The van der Waals surface area contributed by atoms with Crippen LogP contribution in [0.5, 0.6) is 0 Å². The first kappa shape index (κ1) is 17.7. The van der Waals surface area contributed by atoms with E-state index in [1.165, 1.54) is 0 Å². The lowest BCUT2D eigenvalue weighted by molar-refractivity contribution is 0.0999. The zero-order valence-corrected chi connectivity index (χ0v) is 16.4. The maximum atomic E-state index is 12.5. The van der Waals surface area contributed by atoms with Crippen LogP contribution in [0.2, 0.25) is 0 Å². The van der Waals surface area contributed by atoms with Crippen LogP contribution in [-0.2, 0) is 7.05 Å². The van der Waals surface area contributed by atoms with Crippen molar-refractivity contribution in [2.45, 2.75) is 25.4 Å². The Labute approximate surface area is 162 Å². The van der Waals surface area contributed by atoms with Crippen LogP contribution >= 0.6 is 11.8 Å². The number of benzene rings is 2. The van der Waals surface area contributed by atoms with Crippen molar-refractivity contribution < 1.29 is 4.79 Å². The SMILES string of the molecule is Cc1ccc2c(c1C)N=C(CSc1nnc(-c3ccccc3)n1C)CC2=O. The fourth-order valence-electron chi connectivity index (χ4n) is 3.16. The highest BCUT2D eigenvalue weighted by Crippen LogP contribution is 2.33. The molecule has 0 aliphatic carbocycles. The Morgan fingerprint density at radius 2 is 1.85 bits per heavy atom. The van der Waals surface area contributed by atoms with Gasteiger partial charge in [-0.05, 0) is 31.0 Å². The van der Waals surface area contributed by atoms with Crippen LogP contribution < -0.4 is 0 Å². The number of carbonyl (C=O) groups is 1. The number of hydrogen-bond donors (Lipinski definition) is 0. The highest BCUT2D eigenvalue weighted by atomic mass is 32.2. The minimum atomic E-state index is 0.140. The van der Waals surface area contributed by atoms with Crippen molar-refractivity contribution >= 4 is 28.9 Å². The number of nitrogens with zero attached hydrogens (tertiary/aromatic N) is 4. The van der Waals surface area contributed by atoms with E-state index in [2.05, 4.69) is 10.2 Å². The second-order valence-electron chi connectivity index (χ2n) is 6.70. The van der Waals surface area contributed by atoms with Gasteiger partial charge < -0.3 is 4.57 Å². The van der Waals surface area contributed by atoms with Crippen LogP contribution in [-0.4, -0.2) is 32.0 Å². The normalized spacial score (nSPS) is 13.4. The van der Waals surface area contributed by atoms with Gasteiger partial charge in [-0.1, -0.05) is 48.2 Å². The molecule has 0 saturated carbocycles. The predicted octanol–water partition coefficient (Wildman–Crippen LogP) is 4.55. The van der Waals surface area contributed by atoms with Gasteiger partial charge in [0.05, 0.1) is 12.1 Å². The van der Waals surface area contributed by atoms with Gasteiger partial charge in [-0.25, -0.2) is 0 Å². The molecular weight excluding hydrogens is 356 g/mol. The van der Waals surface area contributed by atoms with Gasteiger partial charge in [-0.2, -0.15) is 0 Å². The van der Waals surface area contributed by atoms with E-state index >= 15 is 0 Å². The van der Waals surface area contributed by atoms with E-state index in [0.29, 0.717) is 12.2 Å². The van der Waals surface area contributed by atoms with E-state index in [1.807, 2.05) is 67.9 Å². The maximum Gasteiger partial charge on any atom is 0.191 e. The van der Waals surface area contributed by atoms with Crippen LogP contribution in [0.3, 0.4) is 0 Å². The average molecular weight is 376 g/mol. The fourth-order valence-corrected chi connectivity index (χ4v) is 4.00. The van der Waals surface area contributed by atoms with Crippen LogP contribution in [0, 0.1) is 13.8 Å². The summed E-state index contributed by atoms with van der Waals surface area (Å²) in [6, 6.07) is 13.9. The first-order chi connectivity index (χ1) is 13.0. The minimum absolute atomic E-state index is 0.140. The summed E-state index contributed by atoms with van der Waals surface area (Å²) in [7, 11) is 1.96. The van der Waals surface area contributed by atoms with Crippen molar-refractivity contribution in [3.63, 3.8) is 0 Å². The lowest BCUT2D eigenvalue weighted by Crippen LogP contribution is -2.16. The summed E-state index contributed by atoms with van der Waals surface area (Å²) in [6.45, 7) is 4.07. The molecule has 1 aliphatic rings. The lowest BCUT2D eigenvalue weighted by atomic mass is 9.95. The largest absolute Gasteiger partial charge is 0.305 e. The van der Waals surface area contributed by atoms with Crippen molar-refractivity contribution in [3.05, 3.63) is 59.2 Å². The number of rotatable bonds is 4. The van der Waals surface area contributed by atoms with E-state index in [1.54, 1.807) is 11.8 Å². The van der Waals surface area contributed by atoms with Crippen molar-refractivity contribution in [2.75, 3.05) is 5.75 Å². The molecule has 2 aromatic carbocycles. The third-order valence-corrected chi connectivity index (χ3v) is 5.96. The van der Waals surface area contributed by atoms with Gasteiger partial charge >= 0.3 is 0 Å². The van der Waals surface area contributed by atoms with Crippen molar-refractivity contribution in [1.82, 2.24) is 14.8 Å². The van der Waals surface area contributed by atoms with E-state index in [9.17, 15) is 4.79 Å². The number of hydrogen-bond acceptors (Lipinski definition) is 5. The highest BCUT2D eigenvalue weighted by Gasteiger charge is 2.22. The molecule has 0 amide bonds. The Bertz CT molecular complexity index is 1050. The van der Waals surface area contributed by atoms with Gasteiger partial charge in [0, 0.05) is 29.6 Å². The van der Waals surface area contributed by atoms with Gasteiger partial charge in [-0.15, -0.1) is 10.2 Å². The number of Topliss-reactive ketones (excluding diaryl/α,β-unsaturated/α-hetero) is 1. The van der Waals surface area contributed by atoms with Gasteiger partial charge in [-0.3, -0.25) is 9.79 Å². The number of ketones is 1. The molecular formula is C21H20N4OS. The molecule has 6 heteroatoms. The van der Waals surface area contributed by atoms with E-state index in [4.69, 9.17) is 4.99 Å². The molecule has 5 nitrogen and oxygen atoms in total. The number of fused-ring (bicyclic) bond motifs is 1. The Morgan fingerprint density at radius 3 is 2.63 bits per heavy atom. The van der Waals surface area contributed by atoms with Crippen molar-refractivity contribution in [1.29, 1.82) is 0 Å². The number of carbonyl (C=O) groups excluding carboxylic acids is 1. The molecule has 0 unspecified atom stereocenters. The number of aromatic nitrogens is 3. The van der Waals surface area contributed by atoms with E-state index in [0.717, 1.165) is 44.6 Å². The first-order valence-corrected chi connectivity index (χ1v) is 9.80. The topological polar surface area (TPSA) is 60.1 Å². The molecule has 1 aromatic heterocycles. The number of aryl methyl sites for hydroxylation is 1. The number of thioether (sulfide) groups is 1. The van der Waals surface area contributed by atoms with Gasteiger partial charge in [0.2, 0.25) is 0 Å². The van der Waals surface area contributed by atoms with Crippen LogP contribution in [0.4, 0.5) is 5.69 Å². The Balaban J connectivity index is 1.56. The molecule has 4 rings (SSSR count). The standard InChI is InChI=1S/C21H20N4OS/c1-13-9-10-17-18(26)11-16(22-19(17)14(13)2)12-27-21-24-23-20(25(21)3)15-7-5-4-6-8-15/h4-10H,11-12H2,1-3H3. The zero-order valence-electron chi connectivity index (χ0n) is 15.6. The van der Waals surface area contributed by atoms with E-state index < -0.39 is 0 Å². The Hall–Kier alpha value is -2.73. The van der Waals surface area contributed by atoms with Gasteiger partial charge in [0.25, 0.3) is 0 Å². The van der Waals surface area contributed by atoms with Crippen LogP contribution in [0.1, 0.15) is 27.9 Å². The Morgan fingerprint density at radius 1 is 1.07 bits per heavy atom. The summed E-state index contributed by atoms with van der Waals surface area (Å²) >= 11 is 1.56. The maximum absolute atomic E-state index is 12.5. The fraction of sp³-hybridized carbons (Fsp3) is 0.238. The molecule has 1 aliphatic heterocycles. The third kappa shape index (κ3) is 3.32. The molecule has 0 fully saturated rings. The molecule has 27 heavy (non-hydrogen) atoms. The Kier molecular flexibility index (Phi) is 4.66. The summed E-state index contributed by atoms with van der Waals surface area (Å²) in [5.41, 5.74) is 5.70. The highest BCUT2D eigenvalue weighted by molar-refractivity contribution is 7.99. The lowest BCUT2D eigenvalue weighted by Gasteiger charge is -2.17. The minimum Gasteiger partial charge on any atom is -0.305 e.